The monoisotopic (exact) mass is 277 g/mol. The molecule has 0 spiro atoms. The van der Waals surface area contributed by atoms with Gasteiger partial charge in [0.15, 0.2) is 0 Å². The Morgan fingerprint density at radius 2 is 1.95 bits per heavy atom. The molecule has 1 saturated carbocycles. The molecule has 112 valence electrons. The van der Waals surface area contributed by atoms with Crippen molar-refractivity contribution in [1.29, 1.82) is 0 Å². The first-order valence-corrected chi connectivity index (χ1v) is 7.47. The minimum absolute atomic E-state index is 0.355. The van der Waals surface area contributed by atoms with E-state index in [-0.39, 0.29) is 0 Å². The molecule has 1 aromatic rings. The highest BCUT2D eigenvalue weighted by Crippen LogP contribution is 2.37. The van der Waals surface area contributed by atoms with Gasteiger partial charge in [0.05, 0.1) is 7.11 Å². The summed E-state index contributed by atoms with van der Waals surface area (Å²) >= 11 is 0. The van der Waals surface area contributed by atoms with Crippen molar-refractivity contribution >= 4 is 0 Å². The van der Waals surface area contributed by atoms with Crippen LogP contribution in [0.25, 0.3) is 0 Å². The topological polar surface area (TPSA) is 32.7 Å². The molecule has 0 aliphatic heterocycles. The zero-order valence-corrected chi connectivity index (χ0v) is 13.1. The molecule has 0 unspecified atom stereocenters. The van der Waals surface area contributed by atoms with Crippen molar-refractivity contribution in [3.8, 4) is 11.5 Å². The number of aromatic hydroxyl groups is 1. The zero-order chi connectivity index (χ0) is 14.8. The third kappa shape index (κ3) is 3.66. The number of hydrogen-bond donors (Lipinski definition) is 1. The summed E-state index contributed by atoms with van der Waals surface area (Å²) < 4.78 is 5.23. The summed E-state index contributed by atoms with van der Waals surface area (Å²) in [7, 11) is 3.81. The molecule has 1 fully saturated rings. The molecule has 1 aliphatic carbocycles. The molecule has 3 heteroatoms. The van der Waals surface area contributed by atoms with Gasteiger partial charge in [-0.05, 0) is 56.3 Å². The van der Waals surface area contributed by atoms with Crippen LogP contribution in [0.3, 0.4) is 0 Å². The van der Waals surface area contributed by atoms with E-state index in [0.717, 1.165) is 17.9 Å². The summed E-state index contributed by atoms with van der Waals surface area (Å²) in [6.07, 6.45) is 5.06. The van der Waals surface area contributed by atoms with Gasteiger partial charge in [0.1, 0.15) is 11.5 Å². The Balaban J connectivity index is 1.99. The highest BCUT2D eigenvalue weighted by Gasteiger charge is 2.28. The molecule has 1 N–H and O–H groups in total. The van der Waals surface area contributed by atoms with E-state index >= 15 is 0 Å². The number of phenolic OH excluding ortho intramolecular Hbond substituents is 1. The average molecular weight is 277 g/mol. The van der Waals surface area contributed by atoms with E-state index < -0.39 is 0 Å². The summed E-state index contributed by atoms with van der Waals surface area (Å²) in [5, 5.41) is 9.98. The summed E-state index contributed by atoms with van der Waals surface area (Å²) in [5.74, 6) is 1.16. The molecule has 0 saturated heterocycles. The predicted molar refractivity (Wildman–Crippen MR) is 82.2 cm³/mol. The smallest absolute Gasteiger partial charge is 0.120 e. The van der Waals surface area contributed by atoms with Crippen molar-refractivity contribution in [2.24, 2.45) is 5.41 Å². The molecule has 0 radical (unpaired) electrons. The Morgan fingerprint density at radius 1 is 1.30 bits per heavy atom. The molecule has 0 aromatic heterocycles. The van der Waals surface area contributed by atoms with Crippen molar-refractivity contribution in [3.63, 3.8) is 0 Å². The van der Waals surface area contributed by atoms with E-state index in [4.69, 9.17) is 4.74 Å². The molecule has 1 aromatic carbocycles. The minimum atomic E-state index is 0.355. The summed E-state index contributed by atoms with van der Waals surface area (Å²) in [5.41, 5.74) is 1.44. The molecular weight excluding hydrogens is 250 g/mol. The first kappa shape index (κ1) is 15.2. The van der Waals surface area contributed by atoms with Crippen LogP contribution in [0, 0.1) is 5.41 Å². The highest BCUT2D eigenvalue weighted by molar-refractivity contribution is 5.39. The number of ether oxygens (including phenoxy) is 1. The van der Waals surface area contributed by atoms with Crippen molar-refractivity contribution in [3.05, 3.63) is 23.8 Å². The van der Waals surface area contributed by atoms with Crippen molar-refractivity contribution in [2.75, 3.05) is 14.2 Å². The maximum atomic E-state index is 9.98. The zero-order valence-electron chi connectivity index (χ0n) is 13.1. The Hall–Kier alpha value is -1.22. The van der Waals surface area contributed by atoms with Gasteiger partial charge in [-0.2, -0.15) is 0 Å². The van der Waals surface area contributed by atoms with E-state index in [2.05, 4.69) is 25.8 Å². The van der Waals surface area contributed by atoms with Gasteiger partial charge in [0.25, 0.3) is 0 Å². The third-order valence-electron chi connectivity index (χ3n) is 4.64. The first-order chi connectivity index (χ1) is 9.41. The molecule has 3 nitrogen and oxygen atoms in total. The van der Waals surface area contributed by atoms with Gasteiger partial charge in [-0.15, -0.1) is 0 Å². The predicted octanol–water partition coefficient (Wildman–Crippen LogP) is 3.80. The van der Waals surface area contributed by atoms with E-state index in [9.17, 15) is 5.11 Å². The van der Waals surface area contributed by atoms with Gasteiger partial charge in [0, 0.05) is 18.2 Å². The van der Waals surface area contributed by atoms with Gasteiger partial charge in [-0.3, -0.25) is 4.90 Å². The molecule has 0 amide bonds. The lowest BCUT2D eigenvalue weighted by molar-refractivity contribution is 0.122. The minimum Gasteiger partial charge on any atom is -0.508 e. The maximum absolute atomic E-state index is 9.98. The SMILES string of the molecule is COc1ccc(O)c(CN(C)C2CCC(C)(C)CC2)c1. The Kier molecular flexibility index (Phi) is 4.59. The van der Waals surface area contributed by atoms with E-state index in [0.29, 0.717) is 17.2 Å². The summed E-state index contributed by atoms with van der Waals surface area (Å²) in [4.78, 5) is 2.36. The lowest BCUT2D eigenvalue weighted by atomic mass is 9.75. The largest absolute Gasteiger partial charge is 0.508 e. The second-order valence-electron chi connectivity index (χ2n) is 6.81. The van der Waals surface area contributed by atoms with E-state index in [1.165, 1.54) is 25.7 Å². The van der Waals surface area contributed by atoms with Gasteiger partial charge in [-0.1, -0.05) is 13.8 Å². The number of phenols is 1. The normalized spacial score (nSPS) is 19.2. The third-order valence-corrected chi connectivity index (χ3v) is 4.64. The number of methoxy groups -OCH3 is 1. The lowest BCUT2D eigenvalue weighted by Crippen LogP contribution is -2.36. The second-order valence-corrected chi connectivity index (χ2v) is 6.81. The van der Waals surface area contributed by atoms with Crippen LogP contribution in [-0.2, 0) is 6.54 Å². The maximum Gasteiger partial charge on any atom is 0.120 e. The summed E-state index contributed by atoms with van der Waals surface area (Å²) in [6, 6.07) is 6.06. The van der Waals surface area contributed by atoms with E-state index in [1.807, 2.05) is 6.07 Å². The number of benzene rings is 1. The number of nitrogens with zero attached hydrogens (tertiary/aromatic N) is 1. The van der Waals surface area contributed by atoms with Crippen molar-refractivity contribution < 1.29 is 9.84 Å². The van der Waals surface area contributed by atoms with E-state index in [1.54, 1.807) is 19.2 Å². The molecule has 0 atom stereocenters. The molecule has 2 rings (SSSR count). The van der Waals surface area contributed by atoms with Crippen molar-refractivity contribution in [1.82, 2.24) is 4.90 Å². The molecule has 0 heterocycles. The Morgan fingerprint density at radius 3 is 2.55 bits per heavy atom. The second kappa shape index (κ2) is 6.04. The van der Waals surface area contributed by atoms with Crippen LogP contribution in [0.15, 0.2) is 18.2 Å². The first-order valence-electron chi connectivity index (χ1n) is 7.47. The van der Waals surface area contributed by atoms with Crippen LogP contribution in [0.5, 0.6) is 11.5 Å². The van der Waals surface area contributed by atoms with Crippen LogP contribution in [0.4, 0.5) is 0 Å². The lowest BCUT2D eigenvalue weighted by Gasteiger charge is -2.38. The fourth-order valence-corrected chi connectivity index (χ4v) is 3.04. The standard InChI is InChI=1S/C17H27NO2/c1-17(2)9-7-14(8-10-17)18(3)12-13-11-15(20-4)5-6-16(13)19/h5-6,11,14,19H,7-10,12H2,1-4H3. The number of hydrogen-bond acceptors (Lipinski definition) is 3. The van der Waals surface area contributed by atoms with Gasteiger partial charge in [-0.25, -0.2) is 0 Å². The van der Waals surface area contributed by atoms with Crippen molar-refractivity contribution in [2.45, 2.75) is 52.1 Å². The Bertz CT molecular complexity index is 446. The van der Waals surface area contributed by atoms with Crippen LogP contribution in [-0.4, -0.2) is 30.2 Å². The van der Waals surface area contributed by atoms with Crippen LogP contribution in [0.2, 0.25) is 0 Å². The molecular formula is C17H27NO2. The molecule has 0 bridgehead atoms. The fourth-order valence-electron chi connectivity index (χ4n) is 3.04. The molecule has 20 heavy (non-hydrogen) atoms. The van der Waals surface area contributed by atoms with Crippen LogP contribution < -0.4 is 4.74 Å². The Labute approximate surface area is 122 Å². The van der Waals surface area contributed by atoms with Gasteiger partial charge in [0.2, 0.25) is 0 Å². The number of rotatable bonds is 4. The summed E-state index contributed by atoms with van der Waals surface area (Å²) in [6.45, 7) is 5.49. The van der Waals surface area contributed by atoms with Gasteiger partial charge >= 0.3 is 0 Å². The average Bonchev–Trinajstić information content (AvgIpc) is 2.41. The quantitative estimate of drug-likeness (QED) is 0.908. The van der Waals surface area contributed by atoms with Crippen LogP contribution in [0.1, 0.15) is 45.1 Å². The van der Waals surface area contributed by atoms with Gasteiger partial charge < -0.3 is 9.84 Å². The highest BCUT2D eigenvalue weighted by atomic mass is 16.5. The fraction of sp³-hybridized carbons (Fsp3) is 0.647. The molecule has 1 aliphatic rings. The van der Waals surface area contributed by atoms with Crippen LogP contribution >= 0.6 is 0 Å².